The van der Waals surface area contributed by atoms with Crippen LogP contribution in [0.2, 0.25) is 0 Å². The van der Waals surface area contributed by atoms with E-state index in [2.05, 4.69) is 15.6 Å². The van der Waals surface area contributed by atoms with Gasteiger partial charge in [0.25, 0.3) is 5.91 Å². The molecule has 0 aliphatic rings. The van der Waals surface area contributed by atoms with E-state index in [1.165, 1.54) is 42.5 Å². The lowest BCUT2D eigenvalue weighted by atomic mass is 10.1. The quantitative estimate of drug-likeness (QED) is 0.823. The third-order valence-electron chi connectivity index (χ3n) is 2.91. The lowest BCUT2D eigenvalue weighted by Gasteiger charge is -2.09. The molecule has 2 aromatic rings. The lowest BCUT2D eigenvalue weighted by Crippen LogP contribution is -2.42. The molecule has 8 heteroatoms. The number of carbonyl (C=O) groups is 2. The number of alkyl halides is 2. The third kappa shape index (κ3) is 5.31. The molecule has 0 aliphatic carbocycles. The van der Waals surface area contributed by atoms with Crippen LogP contribution in [0, 0.1) is 5.82 Å². The first-order valence-electron chi connectivity index (χ1n) is 6.82. The van der Waals surface area contributed by atoms with E-state index in [4.69, 9.17) is 0 Å². The highest BCUT2D eigenvalue weighted by Crippen LogP contribution is 2.15. The molecular weight excluding hydrogens is 325 g/mol. The zero-order valence-electron chi connectivity index (χ0n) is 12.3. The molecule has 2 rings (SSSR count). The van der Waals surface area contributed by atoms with Gasteiger partial charge in [0.05, 0.1) is 6.42 Å². The van der Waals surface area contributed by atoms with Crippen LogP contribution in [0.5, 0.6) is 5.75 Å². The van der Waals surface area contributed by atoms with Gasteiger partial charge in [-0.25, -0.2) is 4.39 Å². The number of hydrogen-bond donors (Lipinski definition) is 2. The first kappa shape index (κ1) is 17.3. The highest BCUT2D eigenvalue weighted by Gasteiger charge is 2.11. The van der Waals surface area contributed by atoms with Crippen molar-refractivity contribution in [3.63, 3.8) is 0 Å². The summed E-state index contributed by atoms with van der Waals surface area (Å²) in [4.78, 5) is 23.6. The van der Waals surface area contributed by atoms with Crippen molar-refractivity contribution in [1.82, 2.24) is 10.9 Å². The molecule has 0 unspecified atom stereocenters. The van der Waals surface area contributed by atoms with Gasteiger partial charge in [0.15, 0.2) is 0 Å². The van der Waals surface area contributed by atoms with E-state index in [1.54, 1.807) is 0 Å². The molecule has 2 aromatic carbocycles. The van der Waals surface area contributed by atoms with Crippen molar-refractivity contribution in [2.75, 3.05) is 0 Å². The average molecular weight is 338 g/mol. The SMILES string of the molecule is O=C(Cc1ccc(F)cc1)NNC(=O)c1cccc(OC(F)F)c1. The minimum atomic E-state index is -3.00. The molecule has 0 aromatic heterocycles. The molecule has 0 heterocycles. The van der Waals surface area contributed by atoms with Crippen LogP contribution in [0.4, 0.5) is 13.2 Å². The van der Waals surface area contributed by atoms with Crippen LogP contribution in [0.3, 0.4) is 0 Å². The summed E-state index contributed by atoms with van der Waals surface area (Å²) >= 11 is 0. The van der Waals surface area contributed by atoms with Crippen molar-refractivity contribution in [2.45, 2.75) is 13.0 Å². The first-order chi connectivity index (χ1) is 11.4. The standard InChI is InChI=1S/C16H13F3N2O3/c17-12-6-4-10(5-7-12)8-14(22)20-21-15(23)11-2-1-3-13(9-11)24-16(18)19/h1-7,9,16H,8H2,(H,20,22)(H,21,23). The minimum absolute atomic E-state index is 0.0373. The number of carbonyl (C=O) groups excluding carboxylic acids is 2. The second kappa shape index (κ2) is 8.00. The lowest BCUT2D eigenvalue weighted by molar-refractivity contribution is -0.121. The second-order valence-corrected chi connectivity index (χ2v) is 4.71. The molecule has 0 bridgehead atoms. The van der Waals surface area contributed by atoms with Gasteiger partial charge in [-0.1, -0.05) is 18.2 Å². The molecule has 0 atom stereocenters. The van der Waals surface area contributed by atoms with E-state index >= 15 is 0 Å². The number of hydrogen-bond acceptors (Lipinski definition) is 3. The predicted octanol–water partition coefficient (Wildman–Crippen LogP) is 2.43. The second-order valence-electron chi connectivity index (χ2n) is 4.71. The fourth-order valence-corrected chi connectivity index (χ4v) is 1.84. The smallest absolute Gasteiger partial charge is 0.387 e. The largest absolute Gasteiger partial charge is 0.435 e. The zero-order valence-corrected chi connectivity index (χ0v) is 12.3. The van der Waals surface area contributed by atoms with Crippen molar-refractivity contribution in [3.8, 4) is 5.75 Å². The fourth-order valence-electron chi connectivity index (χ4n) is 1.84. The van der Waals surface area contributed by atoms with Gasteiger partial charge >= 0.3 is 6.61 Å². The molecule has 0 saturated heterocycles. The van der Waals surface area contributed by atoms with Crippen molar-refractivity contribution in [3.05, 3.63) is 65.5 Å². The predicted molar refractivity (Wildman–Crippen MR) is 78.8 cm³/mol. The highest BCUT2D eigenvalue weighted by atomic mass is 19.3. The molecule has 0 spiro atoms. The molecule has 5 nitrogen and oxygen atoms in total. The summed E-state index contributed by atoms with van der Waals surface area (Å²) in [6.07, 6.45) is -0.0604. The van der Waals surface area contributed by atoms with Crippen LogP contribution in [-0.2, 0) is 11.2 Å². The summed E-state index contributed by atoms with van der Waals surface area (Å²) in [5, 5.41) is 0. The Labute approximate surface area is 135 Å². The van der Waals surface area contributed by atoms with E-state index < -0.39 is 24.2 Å². The Kier molecular flexibility index (Phi) is 5.78. The van der Waals surface area contributed by atoms with Crippen molar-refractivity contribution in [1.29, 1.82) is 0 Å². The monoisotopic (exact) mass is 338 g/mol. The molecule has 0 saturated carbocycles. The topological polar surface area (TPSA) is 67.4 Å². The van der Waals surface area contributed by atoms with E-state index in [-0.39, 0.29) is 17.7 Å². The molecule has 2 amide bonds. The Bertz CT molecular complexity index is 721. The van der Waals surface area contributed by atoms with Crippen molar-refractivity contribution in [2.24, 2.45) is 0 Å². The number of benzene rings is 2. The molecule has 0 fully saturated rings. The maximum Gasteiger partial charge on any atom is 0.387 e. The van der Waals surface area contributed by atoms with Gasteiger partial charge in [-0.15, -0.1) is 0 Å². The first-order valence-corrected chi connectivity index (χ1v) is 6.82. The highest BCUT2D eigenvalue weighted by molar-refractivity contribution is 5.95. The minimum Gasteiger partial charge on any atom is -0.435 e. The maximum absolute atomic E-state index is 12.8. The van der Waals surface area contributed by atoms with Crippen molar-refractivity contribution >= 4 is 11.8 Å². The van der Waals surface area contributed by atoms with Gasteiger partial charge in [0, 0.05) is 5.56 Å². The number of halogens is 3. The van der Waals surface area contributed by atoms with Crippen LogP contribution < -0.4 is 15.6 Å². The Morgan fingerprint density at radius 1 is 1.04 bits per heavy atom. The van der Waals surface area contributed by atoms with Gasteiger partial charge < -0.3 is 4.74 Å². The Morgan fingerprint density at radius 3 is 2.42 bits per heavy atom. The summed E-state index contributed by atoms with van der Waals surface area (Å²) < 4.78 is 41.2. The van der Waals surface area contributed by atoms with Gasteiger partial charge in [-0.3, -0.25) is 20.4 Å². The molecular formula is C16H13F3N2O3. The number of hydrazine groups is 1. The van der Waals surface area contributed by atoms with Crippen molar-refractivity contribution < 1.29 is 27.5 Å². The van der Waals surface area contributed by atoms with Crippen LogP contribution in [0.1, 0.15) is 15.9 Å². The van der Waals surface area contributed by atoms with E-state index in [9.17, 15) is 22.8 Å². The average Bonchev–Trinajstić information content (AvgIpc) is 2.54. The Hall–Kier alpha value is -3.03. The van der Waals surface area contributed by atoms with E-state index in [0.29, 0.717) is 5.56 Å². The summed E-state index contributed by atoms with van der Waals surface area (Å²) in [7, 11) is 0. The molecule has 0 radical (unpaired) electrons. The Balaban J connectivity index is 1.88. The van der Waals surface area contributed by atoms with E-state index in [0.717, 1.165) is 6.07 Å². The molecule has 2 N–H and O–H groups in total. The van der Waals surface area contributed by atoms with Gasteiger partial charge in [-0.2, -0.15) is 8.78 Å². The summed E-state index contributed by atoms with van der Waals surface area (Å²) in [6.45, 7) is -3.00. The number of rotatable bonds is 5. The van der Waals surface area contributed by atoms with Crippen LogP contribution in [0.25, 0.3) is 0 Å². The Morgan fingerprint density at radius 2 is 1.75 bits per heavy atom. The number of amides is 2. The maximum atomic E-state index is 12.8. The van der Waals surface area contributed by atoms with E-state index in [1.807, 2.05) is 0 Å². The summed E-state index contributed by atoms with van der Waals surface area (Å²) in [5.41, 5.74) is 4.94. The van der Waals surface area contributed by atoms with Gasteiger partial charge in [-0.05, 0) is 35.9 Å². The zero-order chi connectivity index (χ0) is 17.5. The number of nitrogens with one attached hydrogen (secondary N) is 2. The van der Waals surface area contributed by atoms with Crippen LogP contribution in [0.15, 0.2) is 48.5 Å². The summed E-state index contributed by atoms with van der Waals surface area (Å²) in [5.74, 6) is -1.80. The van der Waals surface area contributed by atoms with Gasteiger partial charge in [0.1, 0.15) is 11.6 Å². The molecule has 0 aliphatic heterocycles. The van der Waals surface area contributed by atoms with Gasteiger partial charge in [0.2, 0.25) is 5.91 Å². The fraction of sp³-hybridized carbons (Fsp3) is 0.125. The number of ether oxygens (including phenoxy) is 1. The van der Waals surface area contributed by atoms with Crippen LogP contribution in [-0.4, -0.2) is 18.4 Å². The normalized spacial score (nSPS) is 10.3. The summed E-state index contributed by atoms with van der Waals surface area (Å²) in [6, 6.07) is 10.5. The van der Waals surface area contributed by atoms with Crippen LogP contribution >= 0.6 is 0 Å². The molecule has 24 heavy (non-hydrogen) atoms. The molecule has 126 valence electrons. The third-order valence-corrected chi connectivity index (χ3v) is 2.91.